The molecule has 0 amide bonds. The lowest BCUT2D eigenvalue weighted by Crippen LogP contribution is -2.40. The Morgan fingerprint density at radius 1 is 0.895 bits per heavy atom. The number of hydrogen-bond donors (Lipinski definition) is 6. The van der Waals surface area contributed by atoms with E-state index in [2.05, 4.69) is 0 Å². The van der Waals surface area contributed by atoms with Gasteiger partial charge in [0.25, 0.3) is 0 Å². The number of aliphatic carboxylic acids is 2. The minimum atomic E-state index is -5.27. The fourth-order valence-corrected chi connectivity index (χ4v) is 4.25. The Morgan fingerprint density at radius 2 is 1.16 bits per heavy atom. The van der Waals surface area contributed by atoms with Crippen LogP contribution in [0.1, 0.15) is 13.3 Å². The zero-order chi connectivity index (χ0) is 15.6. The molecule has 2 atom stereocenters. The van der Waals surface area contributed by atoms with Crippen molar-refractivity contribution in [1.82, 2.24) is 0 Å². The molecule has 19 heavy (non-hydrogen) atoms. The zero-order valence-electron chi connectivity index (χ0n) is 9.65. The van der Waals surface area contributed by atoms with Crippen molar-refractivity contribution in [1.29, 1.82) is 0 Å². The molecule has 0 saturated heterocycles. The molecule has 0 heterocycles. The summed E-state index contributed by atoms with van der Waals surface area (Å²) in [6.45, 7) is 1.18. The first-order valence-corrected chi connectivity index (χ1v) is 8.26. The van der Waals surface area contributed by atoms with Crippen molar-refractivity contribution in [3.05, 3.63) is 0 Å². The maximum Gasteiger partial charge on any atom is 0.340 e. The third-order valence-corrected chi connectivity index (χ3v) is 5.17. The first-order chi connectivity index (χ1) is 8.34. The van der Waals surface area contributed by atoms with Crippen molar-refractivity contribution in [2.24, 2.45) is 5.92 Å². The number of carboxylic acid groups (broad SMARTS) is 2. The van der Waals surface area contributed by atoms with Crippen LogP contribution in [0, 0.1) is 5.92 Å². The second kappa shape index (κ2) is 6.13. The molecule has 0 aliphatic heterocycles. The van der Waals surface area contributed by atoms with E-state index in [-0.39, 0.29) is 0 Å². The van der Waals surface area contributed by atoms with Gasteiger partial charge in [0.2, 0.25) is 0 Å². The zero-order valence-corrected chi connectivity index (χ0v) is 11.4. The highest BCUT2D eigenvalue weighted by atomic mass is 31.2. The van der Waals surface area contributed by atoms with Gasteiger partial charge in [0, 0.05) is 5.92 Å². The molecular formula is C7H14O10P2. The van der Waals surface area contributed by atoms with Crippen LogP contribution < -0.4 is 0 Å². The van der Waals surface area contributed by atoms with Crippen molar-refractivity contribution in [3.8, 4) is 0 Å². The number of hydrogen-bond acceptors (Lipinski definition) is 4. The Labute approximate surface area is 107 Å². The number of carboxylic acids is 2. The molecule has 0 saturated carbocycles. The van der Waals surface area contributed by atoms with Crippen LogP contribution in [0.2, 0.25) is 0 Å². The van der Waals surface area contributed by atoms with Gasteiger partial charge in [-0.25, -0.2) is 0 Å². The molecule has 0 fully saturated rings. The number of rotatable bonds is 7. The van der Waals surface area contributed by atoms with Gasteiger partial charge < -0.3 is 29.8 Å². The van der Waals surface area contributed by atoms with Crippen LogP contribution >= 0.6 is 15.2 Å². The molecule has 10 nitrogen and oxygen atoms in total. The molecule has 0 spiro atoms. The molecule has 2 unspecified atom stereocenters. The molecule has 112 valence electrons. The normalized spacial score (nSPS) is 17.5. The summed E-state index contributed by atoms with van der Waals surface area (Å²) in [6.07, 6.45) is -0.440. The molecule has 12 heteroatoms. The molecule has 0 aliphatic carbocycles. The average molecular weight is 320 g/mol. The van der Waals surface area contributed by atoms with Crippen LogP contribution in [0.5, 0.6) is 0 Å². The van der Waals surface area contributed by atoms with Crippen molar-refractivity contribution >= 4 is 27.1 Å². The quantitative estimate of drug-likeness (QED) is 0.326. The van der Waals surface area contributed by atoms with Crippen molar-refractivity contribution in [3.63, 3.8) is 0 Å². The predicted octanol–water partition coefficient (Wildman–Crippen LogP) is -0.726. The fraction of sp³-hybridized carbons (Fsp3) is 0.714. The third-order valence-electron chi connectivity index (χ3n) is 2.51. The Morgan fingerprint density at radius 3 is 1.26 bits per heavy atom. The minimum absolute atomic E-state index is 0.440. The molecule has 0 bridgehead atoms. The highest BCUT2D eigenvalue weighted by Gasteiger charge is 2.52. The minimum Gasteiger partial charge on any atom is -0.481 e. The second-order valence-electron chi connectivity index (χ2n) is 3.82. The van der Waals surface area contributed by atoms with Crippen molar-refractivity contribution in [2.75, 3.05) is 0 Å². The maximum atomic E-state index is 11.1. The molecular weight excluding hydrogens is 306 g/mol. The SMILES string of the molecule is CCC(C(C(=O)O)P(=O)(O)O)C(C(=O)O)P(=O)(O)O. The van der Waals surface area contributed by atoms with E-state index in [1.165, 1.54) is 6.92 Å². The predicted molar refractivity (Wildman–Crippen MR) is 60.7 cm³/mol. The van der Waals surface area contributed by atoms with Crippen LogP contribution in [-0.4, -0.2) is 53.0 Å². The summed E-state index contributed by atoms with van der Waals surface area (Å²) >= 11 is 0. The van der Waals surface area contributed by atoms with E-state index in [0.29, 0.717) is 0 Å². The summed E-state index contributed by atoms with van der Waals surface area (Å²) in [6, 6.07) is 0. The summed E-state index contributed by atoms with van der Waals surface area (Å²) in [7, 11) is -10.5. The van der Waals surface area contributed by atoms with Crippen LogP contribution in [0.4, 0.5) is 0 Å². The summed E-state index contributed by atoms with van der Waals surface area (Å²) in [5.41, 5.74) is -4.99. The Balaban J connectivity index is 5.85. The van der Waals surface area contributed by atoms with E-state index in [4.69, 9.17) is 29.8 Å². The highest BCUT2D eigenvalue weighted by Crippen LogP contribution is 2.54. The van der Waals surface area contributed by atoms with Crippen molar-refractivity contribution in [2.45, 2.75) is 24.7 Å². The van der Waals surface area contributed by atoms with Gasteiger partial charge in [-0.3, -0.25) is 18.7 Å². The summed E-state index contributed by atoms with van der Waals surface area (Å²) in [4.78, 5) is 57.4. The Hall–Kier alpha value is -0.760. The topological polar surface area (TPSA) is 190 Å². The van der Waals surface area contributed by atoms with Crippen LogP contribution in [0.15, 0.2) is 0 Å². The fourth-order valence-electron chi connectivity index (χ4n) is 1.77. The van der Waals surface area contributed by atoms with Crippen molar-refractivity contribution < 1.29 is 48.5 Å². The lowest BCUT2D eigenvalue weighted by molar-refractivity contribution is -0.140. The average Bonchev–Trinajstić information content (AvgIpc) is 2.10. The van der Waals surface area contributed by atoms with E-state index in [0.717, 1.165) is 0 Å². The molecule has 0 aromatic heterocycles. The van der Waals surface area contributed by atoms with E-state index >= 15 is 0 Å². The molecule has 0 aromatic carbocycles. The van der Waals surface area contributed by atoms with Gasteiger partial charge >= 0.3 is 27.1 Å². The molecule has 0 rings (SSSR count). The monoisotopic (exact) mass is 320 g/mol. The molecule has 0 aliphatic rings. The van der Waals surface area contributed by atoms with Gasteiger partial charge in [-0.2, -0.15) is 0 Å². The van der Waals surface area contributed by atoms with Crippen LogP contribution in [0.3, 0.4) is 0 Å². The Kier molecular flexibility index (Phi) is 5.88. The van der Waals surface area contributed by atoms with Gasteiger partial charge in [0.1, 0.15) is 0 Å². The van der Waals surface area contributed by atoms with E-state index < -0.39 is 50.8 Å². The van der Waals surface area contributed by atoms with Crippen LogP contribution in [0.25, 0.3) is 0 Å². The lowest BCUT2D eigenvalue weighted by atomic mass is 9.97. The largest absolute Gasteiger partial charge is 0.481 e. The first-order valence-electron chi connectivity index (χ1n) is 4.90. The lowest BCUT2D eigenvalue weighted by Gasteiger charge is -2.28. The maximum absolute atomic E-state index is 11.1. The smallest absolute Gasteiger partial charge is 0.340 e. The highest BCUT2D eigenvalue weighted by molar-refractivity contribution is 7.55. The van der Waals surface area contributed by atoms with E-state index in [9.17, 15) is 18.7 Å². The Bertz CT molecular complexity index is 407. The van der Waals surface area contributed by atoms with Crippen LogP contribution in [-0.2, 0) is 18.7 Å². The van der Waals surface area contributed by atoms with Gasteiger partial charge in [0.05, 0.1) is 0 Å². The standard InChI is InChI=1S/C7H14O10P2/c1-2-3(4(6(8)9)18(12,13)14)5(7(10)11)19(15,16)17/h3-5H,2H2,1H3,(H,8,9)(H,10,11)(H2,12,13,14)(H2,15,16,17). The molecule has 0 aromatic rings. The summed E-state index contributed by atoms with van der Waals surface area (Å²) in [5.74, 6) is -5.93. The summed E-state index contributed by atoms with van der Waals surface area (Å²) in [5, 5.41) is 17.5. The van der Waals surface area contributed by atoms with Gasteiger partial charge in [0.15, 0.2) is 11.3 Å². The van der Waals surface area contributed by atoms with Gasteiger partial charge in [-0.05, 0) is 0 Å². The second-order valence-corrected chi connectivity index (χ2v) is 7.29. The number of carbonyl (C=O) groups is 2. The van der Waals surface area contributed by atoms with Gasteiger partial charge in [-0.1, -0.05) is 13.3 Å². The molecule has 6 N–H and O–H groups in total. The first kappa shape index (κ1) is 18.2. The summed E-state index contributed by atoms with van der Waals surface area (Å²) < 4.78 is 22.2. The molecule has 0 radical (unpaired) electrons. The van der Waals surface area contributed by atoms with E-state index in [1.807, 2.05) is 0 Å². The van der Waals surface area contributed by atoms with Gasteiger partial charge in [-0.15, -0.1) is 0 Å². The third kappa shape index (κ3) is 4.68. The van der Waals surface area contributed by atoms with E-state index in [1.54, 1.807) is 0 Å².